The maximum atomic E-state index is 14.5. The molecule has 0 saturated carbocycles. The highest BCUT2D eigenvalue weighted by Crippen LogP contribution is 2.31. The highest BCUT2D eigenvalue weighted by molar-refractivity contribution is 7.92. The highest BCUT2D eigenvalue weighted by atomic mass is 35.5. The van der Waals surface area contributed by atoms with Gasteiger partial charge in [-0.25, -0.2) is 8.42 Å². The average molecular weight is 722 g/mol. The summed E-state index contributed by atoms with van der Waals surface area (Å²) in [5.74, 6) is -0.985. The quantitative estimate of drug-likeness (QED) is 0.134. The monoisotopic (exact) mass is 719 g/mol. The third-order valence-corrected chi connectivity index (χ3v) is 10.5. The van der Waals surface area contributed by atoms with Crippen molar-refractivity contribution in [3.05, 3.63) is 128 Å². The lowest BCUT2D eigenvalue weighted by Gasteiger charge is -2.34. The van der Waals surface area contributed by atoms with E-state index in [0.717, 1.165) is 22.7 Å². The Balaban J connectivity index is 1.81. The molecule has 0 aliphatic rings. The van der Waals surface area contributed by atoms with Crippen molar-refractivity contribution >= 4 is 73.9 Å². The van der Waals surface area contributed by atoms with Crippen molar-refractivity contribution in [3.8, 4) is 0 Å². The van der Waals surface area contributed by atoms with Gasteiger partial charge in [-0.1, -0.05) is 114 Å². The number of hydrogen-bond acceptors (Lipinski definition) is 4. The zero-order valence-electron chi connectivity index (χ0n) is 25.0. The lowest BCUT2D eigenvalue weighted by Crippen LogP contribution is -2.53. The molecule has 0 fully saturated rings. The van der Waals surface area contributed by atoms with E-state index in [0.29, 0.717) is 17.1 Å². The fourth-order valence-corrected chi connectivity index (χ4v) is 6.82. The first-order valence-electron chi connectivity index (χ1n) is 14.6. The van der Waals surface area contributed by atoms with E-state index in [2.05, 4.69) is 5.32 Å². The van der Waals surface area contributed by atoms with E-state index in [4.69, 9.17) is 46.4 Å². The van der Waals surface area contributed by atoms with Crippen LogP contribution in [0.2, 0.25) is 20.1 Å². The predicted molar refractivity (Wildman–Crippen MR) is 186 cm³/mol. The van der Waals surface area contributed by atoms with Crippen molar-refractivity contribution in [1.29, 1.82) is 0 Å². The number of anilines is 1. The van der Waals surface area contributed by atoms with E-state index in [-0.39, 0.29) is 44.5 Å². The molecule has 7 nitrogen and oxygen atoms in total. The summed E-state index contributed by atoms with van der Waals surface area (Å²) in [5, 5.41) is 3.91. The third kappa shape index (κ3) is 9.17. The minimum Gasteiger partial charge on any atom is -0.354 e. The Morgan fingerprint density at radius 1 is 0.761 bits per heavy atom. The number of amides is 2. The molecule has 1 N–H and O–H groups in total. The Bertz CT molecular complexity index is 1760. The minimum atomic E-state index is -4.27. The summed E-state index contributed by atoms with van der Waals surface area (Å²) in [6, 6.07) is 25.3. The summed E-state index contributed by atoms with van der Waals surface area (Å²) in [7, 11) is -4.27. The van der Waals surface area contributed by atoms with E-state index in [9.17, 15) is 18.0 Å². The summed E-state index contributed by atoms with van der Waals surface area (Å²) < 4.78 is 29.1. The summed E-state index contributed by atoms with van der Waals surface area (Å²) in [6.45, 7) is 1.75. The molecular weight excluding hydrogens is 688 g/mol. The van der Waals surface area contributed by atoms with Gasteiger partial charge in [0, 0.05) is 19.5 Å². The first-order chi connectivity index (χ1) is 22.0. The van der Waals surface area contributed by atoms with Gasteiger partial charge in [0.1, 0.15) is 12.6 Å². The number of carbonyl (C=O) groups excluding carboxylic acids is 2. The normalized spacial score (nSPS) is 11.9. The molecule has 1 atom stereocenters. The second kappa shape index (κ2) is 16.5. The highest BCUT2D eigenvalue weighted by Gasteiger charge is 2.34. The largest absolute Gasteiger partial charge is 0.354 e. The molecule has 0 heterocycles. The molecule has 46 heavy (non-hydrogen) atoms. The first-order valence-corrected chi connectivity index (χ1v) is 17.5. The smallest absolute Gasteiger partial charge is 0.264 e. The van der Waals surface area contributed by atoms with E-state index in [1.165, 1.54) is 35.2 Å². The lowest BCUT2D eigenvalue weighted by molar-refractivity contribution is -0.140. The molecule has 12 heteroatoms. The molecule has 0 bridgehead atoms. The van der Waals surface area contributed by atoms with Gasteiger partial charge in [0.25, 0.3) is 10.0 Å². The number of nitrogens with zero attached hydrogens (tertiary/aromatic N) is 2. The van der Waals surface area contributed by atoms with Crippen molar-refractivity contribution in [2.45, 2.75) is 43.7 Å². The number of hydrogen-bond donors (Lipinski definition) is 1. The second-order valence-electron chi connectivity index (χ2n) is 10.5. The SMILES string of the molecule is CCCCNC(=O)C(Cc1ccccc1)N(Cc1ccc(Cl)c(Cl)c1)C(=O)CN(c1ccc(Cl)c(Cl)c1)S(=O)(=O)c1ccccc1. The van der Waals surface area contributed by atoms with Crippen LogP contribution >= 0.6 is 46.4 Å². The van der Waals surface area contributed by atoms with Gasteiger partial charge in [-0.15, -0.1) is 0 Å². The molecule has 4 rings (SSSR count). The van der Waals surface area contributed by atoms with Gasteiger partial charge in [0.05, 0.1) is 30.7 Å². The van der Waals surface area contributed by atoms with Crippen molar-refractivity contribution in [1.82, 2.24) is 10.2 Å². The molecule has 1 unspecified atom stereocenters. The summed E-state index contributed by atoms with van der Waals surface area (Å²) in [4.78, 5) is 29.7. The topological polar surface area (TPSA) is 86.8 Å². The average Bonchev–Trinajstić information content (AvgIpc) is 3.05. The van der Waals surface area contributed by atoms with Crippen molar-refractivity contribution in [3.63, 3.8) is 0 Å². The van der Waals surface area contributed by atoms with Crippen LogP contribution in [0.5, 0.6) is 0 Å². The first kappa shape index (κ1) is 35.6. The molecule has 4 aromatic rings. The maximum Gasteiger partial charge on any atom is 0.264 e. The number of sulfonamides is 1. The number of halogens is 4. The van der Waals surface area contributed by atoms with Gasteiger partial charge in [-0.3, -0.25) is 13.9 Å². The molecule has 2 amide bonds. The number of benzene rings is 4. The number of nitrogens with one attached hydrogen (secondary N) is 1. The fourth-order valence-electron chi connectivity index (χ4n) is 4.78. The van der Waals surface area contributed by atoms with Crippen LogP contribution in [0.1, 0.15) is 30.9 Å². The Morgan fingerprint density at radius 3 is 1.98 bits per heavy atom. The van der Waals surface area contributed by atoms with E-state index in [1.807, 2.05) is 37.3 Å². The van der Waals surface area contributed by atoms with Crippen molar-refractivity contribution in [2.24, 2.45) is 0 Å². The van der Waals surface area contributed by atoms with Crippen molar-refractivity contribution < 1.29 is 18.0 Å². The second-order valence-corrected chi connectivity index (χ2v) is 14.0. The van der Waals surface area contributed by atoms with Gasteiger partial charge in [-0.2, -0.15) is 0 Å². The van der Waals surface area contributed by atoms with Crippen molar-refractivity contribution in [2.75, 3.05) is 17.4 Å². The van der Waals surface area contributed by atoms with Crippen LogP contribution in [-0.4, -0.2) is 44.3 Å². The Labute approximate surface area is 290 Å². The van der Waals surface area contributed by atoms with Crippen LogP contribution in [0.3, 0.4) is 0 Å². The van der Waals surface area contributed by atoms with Gasteiger partial charge in [-0.05, 0) is 60.0 Å². The summed E-state index contributed by atoms with van der Waals surface area (Å²) >= 11 is 25.0. The predicted octanol–water partition coefficient (Wildman–Crippen LogP) is 8.05. The number of unbranched alkanes of at least 4 members (excludes halogenated alkanes) is 1. The van der Waals surface area contributed by atoms with E-state index in [1.54, 1.807) is 36.4 Å². The van der Waals surface area contributed by atoms with Gasteiger partial charge in [0.15, 0.2) is 0 Å². The van der Waals surface area contributed by atoms with Crippen LogP contribution in [0, 0.1) is 0 Å². The van der Waals surface area contributed by atoms with Gasteiger partial charge < -0.3 is 10.2 Å². The molecule has 4 aromatic carbocycles. The van der Waals surface area contributed by atoms with E-state index >= 15 is 0 Å². The lowest BCUT2D eigenvalue weighted by atomic mass is 10.0. The summed E-state index contributed by atoms with van der Waals surface area (Å²) in [6.07, 6.45) is 1.81. The number of rotatable bonds is 14. The molecule has 0 aromatic heterocycles. The standard InChI is InChI=1S/C34H33Cl4N3O4S/c1-2-3-18-39-34(43)32(20-24-10-6-4-7-11-24)40(22-25-14-16-28(35)30(37)19-25)33(42)23-41(26-15-17-29(36)31(38)21-26)46(44,45)27-12-8-5-9-13-27/h4-17,19,21,32H,2-3,18,20,22-23H2,1H3,(H,39,43). The zero-order chi connectivity index (χ0) is 33.3. The minimum absolute atomic E-state index is 0.0250. The van der Waals surface area contributed by atoms with E-state index < -0.39 is 28.5 Å². The summed E-state index contributed by atoms with van der Waals surface area (Å²) in [5.41, 5.74) is 1.56. The molecule has 0 aliphatic carbocycles. The molecule has 0 radical (unpaired) electrons. The van der Waals surface area contributed by atoms with Gasteiger partial charge >= 0.3 is 0 Å². The maximum absolute atomic E-state index is 14.5. The zero-order valence-corrected chi connectivity index (χ0v) is 28.8. The Kier molecular flexibility index (Phi) is 12.8. The molecule has 242 valence electrons. The fraction of sp³-hybridized carbons (Fsp3) is 0.235. The van der Waals surface area contributed by atoms with Crippen LogP contribution in [0.15, 0.2) is 102 Å². The van der Waals surface area contributed by atoms with Crippen LogP contribution < -0.4 is 9.62 Å². The molecule has 0 aliphatic heterocycles. The van der Waals surface area contributed by atoms with Crippen LogP contribution in [0.4, 0.5) is 5.69 Å². The third-order valence-electron chi connectivity index (χ3n) is 7.24. The van der Waals surface area contributed by atoms with Gasteiger partial charge in [0.2, 0.25) is 11.8 Å². The molecular formula is C34H33Cl4N3O4S. The molecule has 0 saturated heterocycles. The Morgan fingerprint density at radius 2 is 1.37 bits per heavy atom. The van der Waals surface area contributed by atoms with Crippen LogP contribution in [-0.2, 0) is 32.6 Å². The number of carbonyl (C=O) groups is 2. The van der Waals surface area contributed by atoms with Crippen LogP contribution in [0.25, 0.3) is 0 Å². The Hall–Kier alpha value is -3.27. The molecule has 0 spiro atoms.